The number of carbonyl (C=O) groups excluding carboxylic acids is 1. The first-order valence-corrected chi connectivity index (χ1v) is 7.55. The van der Waals surface area contributed by atoms with E-state index in [1.54, 1.807) is 12.1 Å². The zero-order valence-corrected chi connectivity index (χ0v) is 12.3. The molecule has 6 heteroatoms. The van der Waals surface area contributed by atoms with Crippen molar-refractivity contribution in [1.29, 1.82) is 0 Å². The number of phenolic OH excluding ortho intramolecular Hbond substituents is 1. The van der Waals surface area contributed by atoms with Gasteiger partial charge in [-0.3, -0.25) is 4.79 Å². The van der Waals surface area contributed by atoms with Crippen LogP contribution >= 0.6 is 0 Å². The summed E-state index contributed by atoms with van der Waals surface area (Å²) in [7, 11) is -3.98. The Balaban J connectivity index is 2.31. The molecular weight excluding hydrogens is 292 g/mol. The van der Waals surface area contributed by atoms with Gasteiger partial charge in [-0.2, -0.15) is 8.42 Å². The maximum Gasteiger partial charge on any atom is 0.339 e. The SMILES string of the molecule is CC(=O)c1ccc(OS(=O)(=O)c2ccc(C)cc2)cc1O. The minimum atomic E-state index is -3.98. The van der Waals surface area contributed by atoms with E-state index in [4.69, 9.17) is 4.18 Å². The molecule has 2 aromatic carbocycles. The van der Waals surface area contributed by atoms with Crippen molar-refractivity contribution in [2.45, 2.75) is 18.7 Å². The van der Waals surface area contributed by atoms with E-state index in [0.29, 0.717) is 0 Å². The molecule has 0 unspecified atom stereocenters. The van der Waals surface area contributed by atoms with Gasteiger partial charge in [-0.05, 0) is 38.1 Å². The van der Waals surface area contributed by atoms with Crippen molar-refractivity contribution >= 4 is 15.9 Å². The van der Waals surface area contributed by atoms with E-state index < -0.39 is 10.1 Å². The Morgan fingerprint density at radius 3 is 2.24 bits per heavy atom. The number of hydrogen-bond donors (Lipinski definition) is 1. The average Bonchev–Trinajstić information content (AvgIpc) is 2.38. The maximum atomic E-state index is 12.1. The second kappa shape index (κ2) is 5.57. The minimum absolute atomic E-state index is 0.0169. The maximum absolute atomic E-state index is 12.1. The van der Waals surface area contributed by atoms with Gasteiger partial charge in [0, 0.05) is 6.07 Å². The van der Waals surface area contributed by atoms with Crippen molar-refractivity contribution in [3.63, 3.8) is 0 Å². The fourth-order valence-corrected chi connectivity index (χ4v) is 2.66. The Morgan fingerprint density at radius 2 is 1.71 bits per heavy atom. The molecule has 0 radical (unpaired) electrons. The van der Waals surface area contributed by atoms with Crippen LogP contribution in [0.15, 0.2) is 47.4 Å². The summed E-state index contributed by atoms with van der Waals surface area (Å²) in [4.78, 5) is 11.2. The van der Waals surface area contributed by atoms with Crippen LogP contribution in [0, 0.1) is 6.92 Å². The van der Waals surface area contributed by atoms with Gasteiger partial charge in [0.2, 0.25) is 0 Å². The van der Waals surface area contributed by atoms with Gasteiger partial charge in [0.1, 0.15) is 16.4 Å². The number of phenols is 1. The Bertz CT molecular complexity index is 776. The van der Waals surface area contributed by atoms with Crippen LogP contribution in [0.3, 0.4) is 0 Å². The number of ketones is 1. The van der Waals surface area contributed by atoms with Crippen LogP contribution < -0.4 is 4.18 Å². The highest BCUT2D eigenvalue weighted by Crippen LogP contribution is 2.26. The van der Waals surface area contributed by atoms with Crippen LogP contribution in [-0.4, -0.2) is 19.3 Å². The van der Waals surface area contributed by atoms with E-state index in [1.807, 2.05) is 6.92 Å². The van der Waals surface area contributed by atoms with Crippen LogP contribution in [0.1, 0.15) is 22.8 Å². The van der Waals surface area contributed by atoms with Gasteiger partial charge >= 0.3 is 10.1 Å². The Labute approximate surface area is 122 Å². The summed E-state index contributed by atoms with van der Waals surface area (Å²) in [5, 5.41) is 9.67. The standard InChI is InChI=1S/C15H14O5S/c1-10-3-6-13(7-4-10)21(18,19)20-12-5-8-14(11(2)16)15(17)9-12/h3-9,17H,1-2H3. The lowest BCUT2D eigenvalue weighted by Crippen LogP contribution is -2.09. The second-order valence-electron chi connectivity index (χ2n) is 4.59. The summed E-state index contributed by atoms with van der Waals surface area (Å²) in [5.41, 5.74) is 1.03. The van der Waals surface area contributed by atoms with Crippen molar-refractivity contribution in [3.8, 4) is 11.5 Å². The number of carbonyl (C=O) groups is 1. The van der Waals surface area contributed by atoms with Gasteiger partial charge in [-0.15, -0.1) is 0 Å². The van der Waals surface area contributed by atoms with E-state index in [0.717, 1.165) is 11.6 Å². The third-order valence-electron chi connectivity index (χ3n) is 2.86. The Morgan fingerprint density at radius 1 is 1.10 bits per heavy atom. The van der Waals surface area contributed by atoms with Gasteiger partial charge in [0.15, 0.2) is 5.78 Å². The number of rotatable bonds is 4. The van der Waals surface area contributed by atoms with Crippen molar-refractivity contribution in [2.24, 2.45) is 0 Å². The molecule has 2 rings (SSSR count). The normalized spacial score (nSPS) is 11.1. The van der Waals surface area contributed by atoms with E-state index >= 15 is 0 Å². The van der Waals surface area contributed by atoms with E-state index in [2.05, 4.69) is 0 Å². The second-order valence-corrected chi connectivity index (χ2v) is 6.13. The minimum Gasteiger partial charge on any atom is -0.507 e. The molecule has 0 amide bonds. The van der Waals surface area contributed by atoms with E-state index in [-0.39, 0.29) is 27.7 Å². The predicted molar refractivity (Wildman–Crippen MR) is 77.1 cm³/mol. The molecule has 0 atom stereocenters. The zero-order chi connectivity index (χ0) is 15.6. The Hall–Kier alpha value is -2.34. The first-order valence-electron chi connectivity index (χ1n) is 6.15. The highest BCUT2D eigenvalue weighted by atomic mass is 32.2. The molecular formula is C15H14O5S. The quantitative estimate of drug-likeness (QED) is 0.694. The van der Waals surface area contributed by atoms with Crippen molar-refractivity contribution < 1.29 is 22.5 Å². The van der Waals surface area contributed by atoms with Gasteiger partial charge in [0.05, 0.1) is 5.56 Å². The van der Waals surface area contributed by atoms with E-state index in [1.165, 1.54) is 31.2 Å². The number of aryl methyl sites for hydroxylation is 1. The molecule has 0 spiro atoms. The van der Waals surface area contributed by atoms with Gasteiger partial charge in [-0.1, -0.05) is 17.7 Å². The molecule has 0 heterocycles. The first-order chi connectivity index (χ1) is 9.79. The average molecular weight is 306 g/mol. The summed E-state index contributed by atoms with van der Waals surface area (Å²) >= 11 is 0. The zero-order valence-electron chi connectivity index (χ0n) is 11.5. The smallest absolute Gasteiger partial charge is 0.339 e. The molecule has 0 aliphatic heterocycles. The Kier molecular flexibility index (Phi) is 3.99. The predicted octanol–water partition coefficient (Wildman–Crippen LogP) is 2.67. The van der Waals surface area contributed by atoms with Crippen molar-refractivity contribution in [2.75, 3.05) is 0 Å². The molecule has 0 aromatic heterocycles. The third kappa shape index (κ3) is 3.41. The summed E-state index contributed by atoms with van der Waals surface area (Å²) in [6.45, 7) is 3.15. The summed E-state index contributed by atoms with van der Waals surface area (Å²) in [5.74, 6) is -0.697. The van der Waals surface area contributed by atoms with E-state index in [9.17, 15) is 18.3 Å². The monoisotopic (exact) mass is 306 g/mol. The molecule has 0 bridgehead atoms. The number of benzene rings is 2. The lowest BCUT2D eigenvalue weighted by molar-refractivity contribution is 0.101. The van der Waals surface area contributed by atoms with Gasteiger partial charge in [0.25, 0.3) is 0 Å². The highest BCUT2D eigenvalue weighted by Gasteiger charge is 2.17. The molecule has 110 valence electrons. The van der Waals surface area contributed by atoms with Gasteiger partial charge < -0.3 is 9.29 Å². The van der Waals surface area contributed by atoms with Crippen LogP contribution in [-0.2, 0) is 10.1 Å². The fraction of sp³-hybridized carbons (Fsp3) is 0.133. The highest BCUT2D eigenvalue weighted by molar-refractivity contribution is 7.87. The lowest BCUT2D eigenvalue weighted by Gasteiger charge is -2.08. The molecule has 0 saturated carbocycles. The van der Waals surface area contributed by atoms with Crippen LogP contribution in [0.25, 0.3) is 0 Å². The number of Topliss-reactive ketones (excluding diaryl/α,β-unsaturated/α-hetero) is 1. The largest absolute Gasteiger partial charge is 0.507 e. The summed E-state index contributed by atoms with van der Waals surface area (Å²) in [6, 6.07) is 9.93. The molecule has 0 aliphatic rings. The molecule has 2 aromatic rings. The van der Waals surface area contributed by atoms with Crippen LogP contribution in [0.2, 0.25) is 0 Å². The third-order valence-corrected chi connectivity index (χ3v) is 4.13. The molecule has 0 fully saturated rings. The van der Waals surface area contributed by atoms with Gasteiger partial charge in [-0.25, -0.2) is 0 Å². The number of aromatic hydroxyl groups is 1. The molecule has 1 N–H and O–H groups in total. The van der Waals surface area contributed by atoms with Crippen LogP contribution in [0.4, 0.5) is 0 Å². The molecule has 0 saturated heterocycles. The molecule has 5 nitrogen and oxygen atoms in total. The van der Waals surface area contributed by atoms with Crippen LogP contribution in [0.5, 0.6) is 11.5 Å². The van der Waals surface area contributed by atoms with Crippen molar-refractivity contribution in [3.05, 3.63) is 53.6 Å². The molecule has 21 heavy (non-hydrogen) atoms. The van der Waals surface area contributed by atoms with Crippen molar-refractivity contribution in [1.82, 2.24) is 0 Å². The lowest BCUT2D eigenvalue weighted by atomic mass is 10.1. The fourth-order valence-electron chi connectivity index (χ4n) is 1.74. The number of hydrogen-bond acceptors (Lipinski definition) is 5. The molecule has 0 aliphatic carbocycles. The first kappa shape index (κ1) is 15.1. The summed E-state index contributed by atoms with van der Waals surface area (Å²) < 4.78 is 29.1. The summed E-state index contributed by atoms with van der Waals surface area (Å²) in [6.07, 6.45) is 0. The topological polar surface area (TPSA) is 80.7 Å².